The molecule has 1 aliphatic rings. The Morgan fingerprint density at radius 1 is 1.25 bits per heavy atom. The van der Waals surface area contributed by atoms with Gasteiger partial charge >= 0.3 is 5.97 Å². The van der Waals surface area contributed by atoms with E-state index in [0.717, 1.165) is 6.07 Å². The van der Waals surface area contributed by atoms with Gasteiger partial charge in [-0.25, -0.2) is 4.39 Å². The molecule has 6 nitrogen and oxygen atoms in total. The zero-order valence-corrected chi connectivity index (χ0v) is 10.6. The summed E-state index contributed by atoms with van der Waals surface area (Å²) < 4.78 is 13.6. The second kappa shape index (κ2) is 5.28. The van der Waals surface area contributed by atoms with Crippen LogP contribution in [-0.4, -0.2) is 22.9 Å². The van der Waals surface area contributed by atoms with Crippen LogP contribution in [0, 0.1) is 17.7 Å². The number of halogens is 1. The number of rotatable bonds is 4. The van der Waals surface area contributed by atoms with Crippen molar-refractivity contribution in [3.8, 4) is 0 Å². The summed E-state index contributed by atoms with van der Waals surface area (Å²) in [5.74, 6) is -3.86. The van der Waals surface area contributed by atoms with Gasteiger partial charge in [0, 0.05) is 12.6 Å². The highest BCUT2D eigenvalue weighted by atomic mass is 19.1. The fourth-order valence-corrected chi connectivity index (χ4v) is 1.89. The van der Waals surface area contributed by atoms with Gasteiger partial charge in [-0.1, -0.05) is 0 Å². The molecule has 1 aromatic carbocycles. The van der Waals surface area contributed by atoms with Gasteiger partial charge in [-0.05, 0) is 24.6 Å². The minimum Gasteiger partial charge on any atom is -0.481 e. The Balaban J connectivity index is 2.07. The number of anilines is 2. The molecule has 0 heterocycles. The van der Waals surface area contributed by atoms with Gasteiger partial charge in [0.1, 0.15) is 5.82 Å². The summed E-state index contributed by atoms with van der Waals surface area (Å²) in [6.07, 6.45) is 0.258. The van der Waals surface area contributed by atoms with Crippen LogP contribution >= 0.6 is 0 Å². The molecule has 106 valence electrons. The van der Waals surface area contributed by atoms with Crippen molar-refractivity contribution in [2.75, 3.05) is 10.6 Å². The van der Waals surface area contributed by atoms with E-state index >= 15 is 0 Å². The van der Waals surface area contributed by atoms with Crippen LogP contribution in [0.15, 0.2) is 18.2 Å². The van der Waals surface area contributed by atoms with Gasteiger partial charge in [-0.15, -0.1) is 0 Å². The van der Waals surface area contributed by atoms with Crippen LogP contribution in [-0.2, 0) is 14.4 Å². The van der Waals surface area contributed by atoms with Crippen molar-refractivity contribution in [3.05, 3.63) is 24.0 Å². The maximum Gasteiger partial charge on any atom is 0.307 e. The predicted molar refractivity (Wildman–Crippen MR) is 68.6 cm³/mol. The first-order valence-corrected chi connectivity index (χ1v) is 5.99. The average Bonchev–Trinajstić information content (AvgIpc) is 3.13. The molecule has 2 unspecified atom stereocenters. The molecule has 1 aliphatic carbocycles. The maximum atomic E-state index is 13.6. The Morgan fingerprint density at radius 2 is 1.95 bits per heavy atom. The normalized spacial score (nSPS) is 20.1. The quantitative estimate of drug-likeness (QED) is 0.777. The number of carbonyl (C=O) groups excluding carboxylic acids is 2. The standard InChI is InChI=1S/C13H13FN2O4/c1-6(17)15-7-2-3-10(14)11(4-7)16-12(18)8-5-9(8)13(19)20/h2-4,8-9H,5H2,1H3,(H,15,17)(H,16,18)(H,19,20). The third-order valence-electron chi connectivity index (χ3n) is 2.99. The van der Waals surface area contributed by atoms with Gasteiger partial charge < -0.3 is 15.7 Å². The minimum absolute atomic E-state index is 0.0858. The lowest BCUT2D eigenvalue weighted by atomic mass is 10.2. The number of hydrogen-bond acceptors (Lipinski definition) is 3. The van der Waals surface area contributed by atoms with Crippen molar-refractivity contribution >= 4 is 29.2 Å². The molecule has 1 saturated carbocycles. The van der Waals surface area contributed by atoms with Crippen LogP contribution in [0.2, 0.25) is 0 Å². The Hall–Kier alpha value is -2.44. The molecule has 1 aromatic rings. The number of hydrogen-bond donors (Lipinski definition) is 3. The van der Waals surface area contributed by atoms with E-state index in [1.165, 1.54) is 19.1 Å². The first-order chi connectivity index (χ1) is 9.38. The monoisotopic (exact) mass is 280 g/mol. The molecule has 3 N–H and O–H groups in total. The molecule has 2 amide bonds. The molecular formula is C13H13FN2O4. The van der Waals surface area contributed by atoms with Gasteiger partial charge in [-0.2, -0.15) is 0 Å². The molecule has 0 spiro atoms. The number of amides is 2. The number of nitrogens with one attached hydrogen (secondary N) is 2. The summed E-state index contributed by atoms with van der Waals surface area (Å²) in [5, 5.41) is 13.5. The van der Waals surface area contributed by atoms with Crippen molar-refractivity contribution in [1.82, 2.24) is 0 Å². The molecular weight excluding hydrogens is 267 g/mol. The Bertz CT molecular complexity index is 588. The Labute approximate surface area is 114 Å². The van der Waals surface area contributed by atoms with E-state index in [1.807, 2.05) is 0 Å². The average molecular weight is 280 g/mol. The van der Waals surface area contributed by atoms with Gasteiger partial charge in [-0.3, -0.25) is 14.4 Å². The van der Waals surface area contributed by atoms with E-state index in [2.05, 4.69) is 10.6 Å². The summed E-state index contributed by atoms with van der Waals surface area (Å²) in [6, 6.07) is 3.76. The van der Waals surface area contributed by atoms with Crippen LogP contribution in [0.3, 0.4) is 0 Å². The van der Waals surface area contributed by atoms with Crippen molar-refractivity contribution < 1.29 is 23.9 Å². The molecule has 0 aromatic heterocycles. The zero-order valence-electron chi connectivity index (χ0n) is 10.6. The first kappa shape index (κ1) is 14.0. The summed E-state index contributed by atoms with van der Waals surface area (Å²) >= 11 is 0. The number of aliphatic carboxylic acids is 1. The van der Waals surface area contributed by atoms with Gasteiger partial charge in [0.05, 0.1) is 17.5 Å². The third kappa shape index (κ3) is 3.11. The van der Waals surface area contributed by atoms with E-state index < -0.39 is 29.5 Å². The minimum atomic E-state index is -1.03. The molecule has 1 fully saturated rings. The van der Waals surface area contributed by atoms with Crippen LogP contribution in [0.25, 0.3) is 0 Å². The summed E-state index contributed by atoms with van der Waals surface area (Å²) in [7, 11) is 0. The fraction of sp³-hybridized carbons (Fsp3) is 0.308. The predicted octanol–water partition coefficient (Wildman–Crippen LogP) is 1.44. The zero-order chi connectivity index (χ0) is 14.9. The number of carboxylic acid groups (broad SMARTS) is 1. The number of benzene rings is 1. The topological polar surface area (TPSA) is 95.5 Å². The smallest absolute Gasteiger partial charge is 0.307 e. The van der Waals surface area contributed by atoms with Crippen LogP contribution < -0.4 is 10.6 Å². The summed E-state index contributed by atoms with van der Waals surface area (Å²) in [4.78, 5) is 33.3. The highest BCUT2D eigenvalue weighted by Gasteiger charge is 2.48. The van der Waals surface area contributed by atoms with Crippen LogP contribution in [0.5, 0.6) is 0 Å². The molecule has 0 radical (unpaired) electrons. The van der Waals surface area contributed by atoms with Gasteiger partial charge in [0.2, 0.25) is 11.8 Å². The van der Waals surface area contributed by atoms with E-state index in [-0.39, 0.29) is 18.0 Å². The van der Waals surface area contributed by atoms with Crippen molar-refractivity contribution in [2.24, 2.45) is 11.8 Å². The highest BCUT2D eigenvalue weighted by Crippen LogP contribution is 2.39. The lowest BCUT2D eigenvalue weighted by Gasteiger charge is -2.08. The van der Waals surface area contributed by atoms with Crippen molar-refractivity contribution in [1.29, 1.82) is 0 Å². The molecule has 0 saturated heterocycles. The molecule has 7 heteroatoms. The fourth-order valence-electron chi connectivity index (χ4n) is 1.89. The molecule has 2 rings (SSSR count). The molecule has 20 heavy (non-hydrogen) atoms. The van der Waals surface area contributed by atoms with Crippen molar-refractivity contribution in [3.63, 3.8) is 0 Å². The Morgan fingerprint density at radius 3 is 2.50 bits per heavy atom. The largest absolute Gasteiger partial charge is 0.481 e. The van der Waals surface area contributed by atoms with Crippen LogP contribution in [0.1, 0.15) is 13.3 Å². The second-order valence-corrected chi connectivity index (χ2v) is 4.65. The van der Waals surface area contributed by atoms with E-state index in [4.69, 9.17) is 5.11 Å². The third-order valence-corrected chi connectivity index (χ3v) is 2.99. The number of carboxylic acids is 1. The SMILES string of the molecule is CC(=O)Nc1ccc(F)c(NC(=O)C2CC2C(=O)O)c1. The van der Waals surface area contributed by atoms with Crippen LogP contribution in [0.4, 0.5) is 15.8 Å². The Kier molecular flexibility index (Phi) is 3.69. The van der Waals surface area contributed by atoms with E-state index in [0.29, 0.717) is 5.69 Å². The van der Waals surface area contributed by atoms with Gasteiger partial charge in [0.25, 0.3) is 0 Å². The first-order valence-electron chi connectivity index (χ1n) is 5.99. The van der Waals surface area contributed by atoms with E-state index in [9.17, 15) is 18.8 Å². The molecule has 0 aliphatic heterocycles. The summed E-state index contributed by atoms with van der Waals surface area (Å²) in [5.41, 5.74) is 0.261. The lowest BCUT2D eigenvalue weighted by molar-refractivity contribution is -0.139. The lowest BCUT2D eigenvalue weighted by Crippen LogP contribution is -2.18. The summed E-state index contributed by atoms with van der Waals surface area (Å²) in [6.45, 7) is 1.31. The molecule has 0 bridgehead atoms. The second-order valence-electron chi connectivity index (χ2n) is 4.65. The molecule has 2 atom stereocenters. The maximum absolute atomic E-state index is 13.6. The van der Waals surface area contributed by atoms with Gasteiger partial charge in [0.15, 0.2) is 0 Å². The highest BCUT2D eigenvalue weighted by molar-refractivity contribution is 5.99. The van der Waals surface area contributed by atoms with Crippen molar-refractivity contribution in [2.45, 2.75) is 13.3 Å². The number of carbonyl (C=O) groups is 3. The van der Waals surface area contributed by atoms with E-state index in [1.54, 1.807) is 0 Å².